The van der Waals surface area contributed by atoms with Gasteiger partial charge in [0.15, 0.2) is 0 Å². The lowest BCUT2D eigenvalue weighted by molar-refractivity contribution is -0.143. The average molecular weight is 385 g/mol. The van der Waals surface area contributed by atoms with Crippen LogP contribution >= 0.6 is 0 Å². The van der Waals surface area contributed by atoms with E-state index >= 15 is 0 Å². The molecule has 2 aromatic carbocycles. The summed E-state index contributed by atoms with van der Waals surface area (Å²) in [5.41, 5.74) is 3.84. The molecule has 0 heterocycles. The third-order valence-corrected chi connectivity index (χ3v) is 4.60. The van der Waals surface area contributed by atoms with Gasteiger partial charge in [0.05, 0.1) is 5.92 Å². The Labute approximate surface area is 168 Å². The van der Waals surface area contributed by atoms with Crippen molar-refractivity contribution in [3.63, 3.8) is 0 Å². The lowest BCUT2D eigenvalue weighted by Gasteiger charge is -2.17. The summed E-state index contributed by atoms with van der Waals surface area (Å²) >= 11 is 0. The van der Waals surface area contributed by atoms with Crippen LogP contribution in [0.25, 0.3) is 0 Å². The normalized spacial score (nSPS) is 12.4. The molecule has 152 valence electrons. The molecule has 2 unspecified atom stereocenters. The van der Waals surface area contributed by atoms with Gasteiger partial charge in [0.25, 0.3) is 0 Å². The second-order valence-corrected chi connectivity index (χ2v) is 7.36. The first-order chi connectivity index (χ1) is 13.3. The second kappa shape index (κ2) is 12.7. The summed E-state index contributed by atoms with van der Waals surface area (Å²) in [6, 6.07) is 18.3. The van der Waals surface area contributed by atoms with Crippen molar-refractivity contribution in [1.82, 2.24) is 0 Å². The predicted octanol–water partition coefficient (Wildman–Crippen LogP) is 5.38. The van der Waals surface area contributed by atoms with Gasteiger partial charge in [-0.1, -0.05) is 80.4 Å². The molecule has 0 aliphatic rings. The van der Waals surface area contributed by atoms with Gasteiger partial charge in [-0.15, -0.1) is 0 Å². The molecule has 0 amide bonds. The molecule has 0 aliphatic carbocycles. The van der Waals surface area contributed by atoms with E-state index in [4.69, 9.17) is 10.2 Å². The van der Waals surface area contributed by atoms with Gasteiger partial charge in [-0.2, -0.15) is 0 Å². The van der Waals surface area contributed by atoms with Crippen molar-refractivity contribution in [3.8, 4) is 0 Å². The van der Waals surface area contributed by atoms with E-state index in [9.17, 15) is 9.59 Å². The van der Waals surface area contributed by atoms with Crippen molar-refractivity contribution < 1.29 is 19.8 Å². The minimum Gasteiger partial charge on any atom is -0.481 e. The number of hydrogen-bond acceptors (Lipinski definition) is 2. The van der Waals surface area contributed by atoms with E-state index in [1.54, 1.807) is 6.92 Å². The van der Waals surface area contributed by atoms with Crippen molar-refractivity contribution in [3.05, 3.63) is 71.3 Å². The van der Waals surface area contributed by atoms with E-state index < -0.39 is 17.9 Å². The maximum Gasteiger partial charge on any atom is 0.306 e. The fourth-order valence-corrected chi connectivity index (χ4v) is 3.08. The summed E-state index contributed by atoms with van der Waals surface area (Å²) in [6.07, 6.45) is 3.44. The molecule has 2 N–H and O–H groups in total. The Bertz CT molecular complexity index is 707. The molecule has 4 nitrogen and oxygen atoms in total. The highest BCUT2D eigenvalue weighted by molar-refractivity contribution is 5.70. The molecular formula is C24H32O4. The number of carbonyl (C=O) groups is 2. The monoisotopic (exact) mass is 384 g/mol. The molecule has 0 radical (unpaired) electrons. The fraction of sp³-hybridized carbons (Fsp3) is 0.417. The molecule has 2 rings (SSSR count). The van der Waals surface area contributed by atoms with Crippen LogP contribution in [-0.2, 0) is 22.4 Å². The molecular weight excluding hydrogens is 352 g/mol. The number of hydrogen-bond donors (Lipinski definition) is 2. The zero-order valence-corrected chi connectivity index (χ0v) is 17.1. The Morgan fingerprint density at radius 1 is 0.929 bits per heavy atom. The molecule has 0 spiro atoms. The number of carboxylic acid groups (broad SMARTS) is 2. The molecule has 4 heteroatoms. The first-order valence-electron chi connectivity index (χ1n) is 9.85. The molecule has 0 saturated heterocycles. The highest BCUT2D eigenvalue weighted by atomic mass is 16.4. The number of aryl methyl sites for hydroxylation is 2. The van der Waals surface area contributed by atoms with Gasteiger partial charge in [0.1, 0.15) is 0 Å². The van der Waals surface area contributed by atoms with Gasteiger partial charge >= 0.3 is 11.9 Å². The van der Waals surface area contributed by atoms with Crippen LogP contribution in [0, 0.1) is 18.8 Å². The summed E-state index contributed by atoms with van der Waals surface area (Å²) in [5, 5.41) is 17.7. The number of benzene rings is 2. The van der Waals surface area contributed by atoms with Crippen LogP contribution in [0.5, 0.6) is 0 Å². The van der Waals surface area contributed by atoms with Gasteiger partial charge < -0.3 is 10.2 Å². The summed E-state index contributed by atoms with van der Waals surface area (Å²) in [6.45, 7) is 5.94. The lowest BCUT2D eigenvalue weighted by atomic mass is 9.88. The van der Waals surface area contributed by atoms with Gasteiger partial charge in [0, 0.05) is 6.42 Å². The largest absolute Gasteiger partial charge is 0.481 e. The number of carboxylic acids is 2. The van der Waals surface area contributed by atoms with Gasteiger partial charge in [-0.05, 0) is 43.2 Å². The molecule has 2 atom stereocenters. The molecule has 2 aromatic rings. The third-order valence-electron chi connectivity index (χ3n) is 4.60. The maximum absolute atomic E-state index is 10.8. The van der Waals surface area contributed by atoms with Crippen LogP contribution in [0.1, 0.15) is 49.8 Å². The van der Waals surface area contributed by atoms with Crippen LogP contribution in [-0.4, -0.2) is 22.2 Å². The SMILES string of the molecule is CC(CC(CC(=O)O)Cc1ccccc1)C(=O)O.CCCc1ccc(C)cc1. The Morgan fingerprint density at radius 2 is 1.54 bits per heavy atom. The lowest BCUT2D eigenvalue weighted by Crippen LogP contribution is -2.18. The van der Waals surface area contributed by atoms with E-state index in [1.807, 2.05) is 30.3 Å². The molecule has 28 heavy (non-hydrogen) atoms. The first-order valence-corrected chi connectivity index (χ1v) is 9.85. The van der Waals surface area contributed by atoms with Crippen molar-refractivity contribution >= 4 is 11.9 Å². The van der Waals surface area contributed by atoms with Crippen LogP contribution in [0.4, 0.5) is 0 Å². The number of rotatable bonds is 9. The van der Waals surface area contributed by atoms with E-state index in [-0.39, 0.29) is 12.3 Å². The van der Waals surface area contributed by atoms with E-state index in [0.717, 1.165) is 5.56 Å². The van der Waals surface area contributed by atoms with Crippen molar-refractivity contribution in [2.75, 3.05) is 0 Å². The first kappa shape index (κ1) is 23.4. The molecule has 0 aliphatic heterocycles. The van der Waals surface area contributed by atoms with E-state index in [2.05, 4.69) is 38.1 Å². The van der Waals surface area contributed by atoms with E-state index in [1.165, 1.54) is 24.0 Å². The van der Waals surface area contributed by atoms with Gasteiger partial charge in [0.2, 0.25) is 0 Å². The van der Waals surface area contributed by atoms with Crippen molar-refractivity contribution in [2.45, 2.75) is 52.9 Å². The highest BCUT2D eigenvalue weighted by Crippen LogP contribution is 2.21. The Balaban J connectivity index is 0.000000330. The molecule has 0 saturated carbocycles. The predicted molar refractivity (Wildman–Crippen MR) is 112 cm³/mol. The Morgan fingerprint density at radius 3 is 2.04 bits per heavy atom. The second-order valence-electron chi connectivity index (χ2n) is 7.36. The van der Waals surface area contributed by atoms with Crippen molar-refractivity contribution in [2.24, 2.45) is 11.8 Å². The van der Waals surface area contributed by atoms with E-state index in [0.29, 0.717) is 12.8 Å². The summed E-state index contributed by atoms with van der Waals surface area (Å²) in [5.74, 6) is -2.42. The molecule has 0 bridgehead atoms. The molecule has 0 fully saturated rings. The zero-order chi connectivity index (χ0) is 20.9. The summed E-state index contributed by atoms with van der Waals surface area (Å²) < 4.78 is 0. The smallest absolute Gasteiger partial charge is 0.306 e. The fourth-order valence-electron chi connectivity index (χ4n) is 3.08. The highest BCUT2D eigenvalue weighted by Gasteiger charge is 2.20. The van der Waals surface area contributed by atoms with Crippen LogP contribution < -0.4 is 0 Å². The maximum atomic E-state index is 10.8. The Kier molecular flexibility index (Phi) is 10.6. The van der Waals surface area contributed by atoms with Gasteiger partial charge in [-0.3, -0.25) is 9.59 Å². The van der Waals surface area contributed by atoms with Gasteiger partial charge in [-0.25, -0.2) is 0 Å². The average Bonchev–Trinajstić information content (AvgIpc) is 2.64. The minimum absolute atomic E-state index is 0.00646. The van der Waals surface area contributed by atoms with Crippen molar-refractivity contribution in [1.29, 1.82) is 0 Å². The quantitative estimate of drug-likeness (QED) is 0.609. The topological polar surface area (TPSA) is 74.6 Å². The van der Waals surface area contributed by atoms with Crippen LogP contribution in [0.15, 0.2) is 54.6 Å². The van der Waals surface area contributed by atoms with Crippen LogP contribution in [0.3, 0.4) is 0 Å². The molecule has 0 aromatic heterocycles. The minimum atomic E-state index is -0.881. The number of aliphatic carboxylic acids is 2. The summed E-state index contributed by atoms with van der Waals surface area (Å²) in [7, 11) is 0. The zero-order valence-electron chi connectivity index (χ0n) is 17.1. The van der Waals surface area contributed by atoms with Crippen LogP contribution in [0.2, 0.25) is 0 Å². The third kappa shape index (κ3) is 9.91. The Hall–Kier alpha value is -2.62. The standard InChI is InChI=1S/C14H18O4.C10H14/c1-10(14(17)18)7-12(9-13(15)16)8-11-5-3-2-4-6-11;1-3-4-10-7-5-9(2)6-8-10/h2-6,10,12H,7-9H2,1H3,(H,15,16)(H,17,18);5-8H,3-4H2,1-2H3. The summed E-state index contributed by atoms with van der Waals surface area (Å²) in [4.78, 5) is 21.6.